The van der Waals surface area contributed by atoms with Crippen molar-refractivity contribution in [1.29, 1.82) is 0 Å². The Morgan fingerprint density at radius 3 is 2.81 bits per heavy atom. The van der Waals surface area contributed by atoms with Crippen LogP contribution in [-0.2, 0) is 9.53 Å². The van der Waals surface area contributed by atoms with E-state index in [-0.39, 0.29) is 11.9 Å². The summed E-state index contributed by atoms with van der Waals surface area (Å²) in [7, 11) is 0. The van der Waals surface area contributed by atoms with Crippen molar-refractivity contribution in [3.8, 4) is 0 Å². The van der Waals surface area contributed by atoms with Gasteiger partial charge in [-0.15, -0.1) is 0 Å². The Labute approximate surface area is 124 Å². The van der Waals surface area contributed by atoms with E-state index in [1.807, 2.05) is 25.4 Å². The third-order valence-electron chi connectivity index (χ3n) is 4.10. The number of hydrogen-bond donors (Lipinski definition) is 0. The molecule has 0 saturated carbocycles. The number of pyridine rings is 1. The van der Waals surface area contributed by atoms with Gasteiger partial charge in [0, 0.05) is 30.1 Å². The molecule has 0 N–H and O–H groups in total. The van der Waals surface area contributed by atoms with Crippen LogP contribution in [0.2, 0.25) is 0 Å². The predicted octanol–water partition coefficient (Wildman–Crippen LogP) is 3.01. The highest BCUT2D eigenvalue weighted by Gasteiger charge is 2.26. The van der Waals surface area contributed by atoms with Gasteiger partial charge in [0.15, 0.2) is 0 Å². The van der Waals surface area contributed by atoms with Crippen molar-refractivity contribution in [2.75, 3.05) is 24.6 Å². The van der Waals surface area contributed by atoms with E-state index < -0.39 is 0 Å². The minimum atomic E-state index is -0.0480. The molecule has 0 atom stereocenters. The van der Waals surface area contributed by atoms with E-state index in [0.29, 0.717) is 6.61 Å². The lowest BCUT2D eigenvalue weighted by Crippen LogP contribution is -2.37. The second-order valence-corrected chi connectivity index (χ2v) is 5.39. The lowest BCUT2D eigenvalue weighted by Gasteiger charge is -2.33. The second-order valence-electron chi connectivity index (χ2n) is 5.39. The predicted molar refractivity (Wildman–Crippen MR) is 83.3 cm³/mol. The molecule has 0 bridgehead atoms. The molecule has 2 aromatic rings. The number of aromatic nitrogens is 1. The van der Waals surface area contributed by atoms with Gasteiger partial charge in [0.25, 0.3) is 0 Å². The van der Waals surface area contributed by atoms with Crippen molar-refractivity contribution >= 4 is 22.4 Å². The second kappa shape index (κ2) is 6.12. The van der Waals surface area contributed by atoms with E-state index in [1.54, 1.807) is 0 Å². The summed E-state index contributed by atoms with van der Waals surface area (Å²) >= 11 is 0. The number of esters is 1. The highest BCUT2D eigenvalue weighted by atomic mass is 16.5. The van der Waals surface area contributed by atoms with Crippen LogP contribution in [0.1, 0.15) is 19.8 Å². The van der Waals surface area contributed by atoms with Crippen LogP contribution >= 0.6 is 0 Å². The molecule has 4 heteroatoms. The van der Waals surface area contributed by atoms with Gasteiger partial charge in [-0.1, -0.05) is 24.3 Å². The summed E-state index contributed by atoms with van der Waals surface area (Å²) in [4.78, 5) is 18.5. The van der Waals surface area contributed by atoms with Crippen molar-refractivity contribution in [1.82, 2.24) is 4.98 Å². The largest absolute Gasteiger partial charge is 0.466 e. The Bertz CT molecular complexity index is 628. The number of nitrogens with zero attached hydrogens (tertiary/aromatic N) is 2. The SMILES string of the molecule is CCOC(=O)C1CCN(c2cncc3ccccc23)CC1. The number of anilines is 1. The molecule has 1 fully saturated rings. The normalized spacial score (nSPS) is 16.1. The summed E-state index contributed by atoms with van der Waals surface area (Å²) < 4.78 is 5.12. The number of benzene rings is 1. The van der Waals surface area contributed by atoms with Crippen LogP contribution in [0.15, 0.2) is 36.7 Å². The van der Waals surface area contributed by atoms with Gasteiger partial charge in [0.1, 0.15) is 0 Å². The quantitative estimate of drug-likeness (QED) is 0.813. The average Bonchev–Trinajstić information content (AvgIpc) is 2.55. The van der Waals surface area contributed by atoms with Crippen molar-refractivity contribution in [3.05, 3.63) is 36.7 Å². The van der Waals surface area contributed by atoms with Crippen molar-refractivity contribution in [3.63, 3.8) is 0 Å². The lowest BCUT2D eigenvalue weighted by molar-refractivity contribution is -0.148. The molecule has 0 unspecified atom stereocenters. The van der Waals surface area contributed by atoms with Crippen molar-refractivity contribution in [2.45, 2.75) is 19.8 Å². The maximum atomic E-state index is 11.8. The van der Waals surface area contributed by atoms with Gasteiger partial charge in [-0.2, -0.15) is 0 Å². The first-order valence-corrected chi connectivity index (χ1v) is 7.54. The van der Waals surface area contributed by atoms with Crippen LogP contribution in [0.25, 0.3) is 10.8 Å². The summed E-state index contributed by atoms with van der Waals surface area (Å²) in [5.74, 6) is -0.00247. The molecule has 4 nitrogen and oxygen atoms in total. The zero-order chi connectivity index (χ0) is 14.7. The standard InChI is InChI=1S/C17H20N2O2/c1-2-21-17(20)13-7-9-19(10-8-13)16-12-18-11-14-5-3-4-6-15(14)16/h3-6,11-13H,2,7-10H2,1H3. The van der Waals surface area contributed by atoms with Crippen LogP contribution < -0.4 is 4.90 Å². The molecule has 1 aliphatic heterocycles. The molecule has 1 aromatic heterocycles. The summed E-state index contributed by atoms with van der Waals surface area (Å²) in [6.45, 7) is 4.07. The number of fused-ring (bicyclic) bond motifs is 1. The number of hydrogen-bond acceptors (Lipinski definition) is 4. The summed E-state index contributed by atoms with van der Waals surface area (Å²) in [6, 6.07) is 8.29. The molecule has 110 valence electrons. The van der Waals surface area contributed by atoms with Crippen LogP contribution in [0.5, 0.6) is 0 Å². The van der Waals surface area contributed by atoms with Crippen LogP contribution in [0.3, 0.4) is 0 Å². The first-order chi connectivity index (χ1) is 10.3. The van der Waals surface area contributed by atoms with Crippen LogP contribution in [-0.4, -0.2) is 30.6 Å². The Hall–Kier alpha value is -2.10. The number of carbonyl (C=O) groups is 1. The van der Waals surface area contributed by atoms with Gasteiger partial charge in [-0.3, -0.25) is 9.78 Å². The van der Waals surface area contributed by atoms with Crippen LogP contribution in [0.4, 0.5) is 5.69 Å². The van der Waals surface area contributed by atoms with E-state index in [2.05, 4.69) is 28.1 Å². The molecule has 21 heavy (non-hydrogen) atoms. The van der Waals surface area contributed by atoms with Gasteiger partial charge in [0.05, 0.1) is 24.4 Å². The molecule has 0 spiro atoms. The fourth-order valence-electron chi connectivity index (χ4n) is 2.97. The molecule has 1 aromatic carbocycles. The molecule has 0 amide bonds. The number of ether oxygens (including phenoxy) is 1. The Balaban J connectivity index is 1.76. The van der Waals surface area contributed by atoms with E-state index in [4.69, 9.17) is 4.74 Å². The zero-order valence-corrected chi connectivity index (χ0v) is 12.3. The minimum absolute atomic E-state index is 0.0455. The number of rotatable bonds is 3. The summed E-state index contributed by atoms with van der Waals surface area (Å²) in [5, 5.41) is 2.38. The van der Waals surface area contributed by atoms with Crippen molar-refractivity contribution < 1.29 is 9.53 Å². The number of carbonyl (C=O) groups excluding carboxylic acids is 1. The Morgan fingerprint density at radius 2 is 2.05 bits per heavy atom. The molecular formula is C17H20N2O2. The van der Waals surface area contributed by atoms with E-state index >= 15 is 0 Å². The van der Waals surface area contributed by atoms with Gasteiger partial charge in [-0.25, -0.2) is 0 Å². The maximum Gasteiger partial charge on any atom is 0.309 e. The topological polar surface area (TPSA) is 42.4 Å². The maximum absolute atomic E-state index is 11.8. The van der Waals surface area contributed by atoms with E-state index in [1.165, 1.54) is 5.39 Å². The van der Waals surface area contributed by atoms with Gasteiger partial charge in [0.2, 0.25) is 0 Å². The zero-order valence-electron chi connectivity index (χ0n) is 12.3. The monoisotopic (exact) mass is 284 g/mol. The van der Waals surface area contributed by atoms with Gasteiger partial charge >= 0.3 is 5.97 Å². The summed E-state index contributed by atoms with van der Waals surface area (Å²) in [6.07, 6.45) is 5.52. The molecule has 0 radical (unpaired) electrons. The fraction of sp³-hybridized carbons (Fsp3) is 0.412. The molecule has 0 aliphatic carbocycles. The Kier molecular flexibility index (Phi) is 4.04. The van der Waals surface area contributed by atoms with Gasteiger partial charge in [-0.05, 0) is 19.8 Å². The smallest absolute Gasteiger partial charge is 0.309 e. The molecule has 1 saturated heterocycles. The number of piperidine rings is 1. The minimum Gasteiger partial charge on any atom is -0.466 e. The molecular weight excluding hydrogens is 264 g/mol. The summed E-state index contributed by atoms with van der Waals surface area (Å²) in [5.41, 5.74) is 1.16. The highest BCUT2D eigenvalue weighted by Crippen LogP contribution is 2.29. The molecule has 3 rings (SSSR count). The fourth-order valence-corrected chi connectivity index (χ4v) is 2.97. The molecule has 1 aliphatic rings. The van der Waals surface area contributed by atoms with Crippen LogP contribution in [0, 0.1) is 5.92 Å². The lowest BCUT2D eigenvalue weighted by atomic mass is 9.96. The third-order valence-corrected chi connectivity index (χ3v) is 4.10. The van der Waals surface area contributed by atoms with E-state index in [9.17, 15) is 4.79 Å². The first kappa shape index (κ1) is 13.9. The Morgan fingerprint density at radius 1 is 1.29 bits per heavy atom. The average molecular weight is 284 g/mol. The first-order valence-electron chi connectivity index (χ1n) is 7.54. The highest BCUT2D eigenvalue weighted by molar-refractivity contribution is 5.93. The van der Waals surface area contributed by atoms with Gasteiger partial charge < -0.3 is 9.64 Å². The molecule has 2 heterocycles. The third kappa shape index (κ3) is 2.84. The van der Waals surface area contributed by atoms with Crippen molar-refractivity contribution in [2.24, 2.45) is 5.92 Å². The van der Waals surface area contributed by atoms with E-state index in [0.717, 1.165) is 37.0 Å².